The molecule has 0 N–H and O–H groups in total. The molecule has 0 aliphatic carbocycles. The standard InChI is InChI=1S/C6H5N3O/c7-8-5-6-3-1-2-4-9(6)10/h1-5H. The maximum Gasteiger partial charge on any atom is 0.373 e. The van der Waals surface area contributed by atoms with Crippen molar-refractivity contribution in [3.05, 3.63) is 46.5 Å². The molecule has 1 heterocycles. The quantitative estimate of drug-likeness (QED) is 0.473. The van der Waals surface area contributed by atoms with Gasteiger partial charge in [-0.25, -0.2) is 0 Å². The fraction of sp³-hybridized carbons (Fsp3) is 0. The maximum atomic E-state index is 10.7. The summed E-state index contributed by atoms with van der Waals surface area (Å²) in [5, 5.41) is 19.4. The maximum absolute atomic E-state index is 10.7. The van der Waals surface area contributed by atoms with Crippen LogP contribution < -0.4 is 0 Å². The van der Waals surface area contributed by atoms with Crippen molar-refractivity contribution < 1.29 is 0 Å². The summed E-state index contributed by atoms with van der Waals surface area (Å²) in [6.45, 7) is 0. The van der Waals surface area contributed by atoms with Gasteiger partial charge in [0.2, 0.25) is 5.39 Å². The van der Waals surface area contributed by atoms with Gasteiger partial charge in [0.15, 0.2) is 4.98 Å². The Hall–Kier alpha value is -1.60. The van der Waals surface area contributed by atoms with Gasteiger partial charge in [-0.3, -0.25) is 0 Å². The van der Waals surface area contributed by atoms with Crippen LogP contribution in [0, 0.1) is 10.6 Å². The summed E-state index contributed by atoms with van der Waals surface area (Å²) < 4.78 is 0. The van der Waals surface area contributed by atoms with Crippen LogP contribution in [0.25, 0.3) is 4.98 Å². The molecule has 1 aliphatic rings. The van der Waals surface area contributed by atoms with Gasteiger partial charge < -0.3 is 10.3 Å². The second-order valence-electron chi connectivity index (χ2n) is 1.70. The van der Waals surface area contributed by atoms with Gasteiger partial charge in [0.25, 0.3) is 0 Å². The highest BCUT2D eigenvalue weighted by atomic mass is 16.5. The van der Waals surface area contributed by atoms with Crippen LogP contribution in [-0.2, 0) is 0 Å². The van der Waals surface area contributed by atoms with Gasteiger partial charge in [0.05, 0.1) is 0 Å². The monoisotopic (exact) mass is 135 g/mol. The number of diazo groups is 1. The molecule has 0 spiro atoms. The van der Waals surface area contributed by atoms with E-state index in [0.29, 0.717) is 10.8 Å². The molecule has 0 aromatic rings. The van der Waals surface area contributed by atoms with Crippen LogP contribution >= 0.6 is 0 Å². The first kappa shape index (κ1) is 6.52. The number of hydroxylamine groups is 2. The Morgan fingerprint density at radius 1 is 1.60 bits per heavy atom. The van der Waals surface area contributed by atoms with Crippen molar-refractivity contribution in [1.29, 1.82) is 5.39 Å². The summed E-state index contributed by atoms with van der Waals surface area (Å²) in [5.41, 5.74) is 0.310. The highest BCUT2D eigenvalue weighted by Crippen LogP contribution is 2.09. The van der Waals surface area contributed by atoms with Gasteiger partial charge in [0.1, 0.15) is 5.70 Å². The Kier molecular flexibility index (Phi) is 1.83. The Bertz CT molecular complexity index is 246. The zero-order chi connectivity index (χ0) is 7.40. The Morgan fingerprint density at radius 2 is 2.40 bits per heavy atom. The number of nitrogens with zero attached hydrogens (tertiary/aromatic N) is 3. The normalized spacial score (nSPS) is 19.6. The first-order chi connectivity index (χ1) is 4.84. The average molecular weight is 135 g/mol. The molecule has 0 bridgehead atoms. The summed E-state index contributed by atoms with van der Waals surface area (Å²) in [6, 6.07) is 0. The molecule has 0 radical (unpaired) electrons. The van der Waals surface area contributed by atoms with Gasteiger partial charge in [-0.2, -0.15) is 0 Å². The molecular weight excluding hydrogens is 130 g/mol. The average Bonchev–Trinajstić information content (AvgIpc) is 1.94. The number of allylic oxidation sites excluding steroid dienone is 3. The van der Waals surface area contributed by atoms with Crippen molar-refractivity contribution in [2.24, 2.45) is 0 Å². The van der Waals surface area contributed by atoms with E-state index in [1.807, 2.05) is 0 Å². The van der Waals surface area contributed by atoms with Crippen LogP contribution in [0.3, 0.4) is 0 Å². The lowest BCUT2D eigenvalue weighted by Gasteiger charge is -2.25. The highest BCUT2D eigenvalue weighted by Gasteiger charge is 1.99. The molecule has 0 unspecified atom stereocenters. The third-order valence-corrected chi connectivity index (χ3v) is 1.04. The molecule has 0 aromatic heterocycles. The zero-order valence-electron chi connectivity index (χ0n) is 5.14. The van der Waals surface area contributed by atoms with Crippen molar-refractivity contribution in [3.63, 3.8) is 0 Å². The number of hydrogen-bond donors (Lipinski definition) is 0. The summed E-state index contributed by atoms with van der Waals surface area (Å²) in [5.74, 6) is 0. The van der Waals surface area contributed by atoms with E-state index in [2.05, 4.69) is 4.98 Å². The van der Waals surface area contributed by atoms with E-state index in [9.17, 15) is 5.21 Å². The minimum absolute atomic E-state index is 0.310. The van der Waals surface area contributed by atoms with Crippen LogP contribution in [0.1, 0.15) is 0 Å². The van der Waals surface area contributed by atoms with Crippen LogP contribution in [0.4, 0.5) is 0 Å². The van der Waals surface area contributed by atoms with E-state index in [0.717, 1.165) is 6.20 Å². The topological polar surface area (TPSA) is 54.5 Å². The molecule has 10 heavy (non-hydrogen) atoms. The molecule has 0 fully saturated rings. The van der Waals surface area contributed by atoms with E-state index in [1.165, 1.54) is 6.20 Å². The van der Waals surface area contributed by atoms with Crippen molar-refractivity contribution >= 4 is 0 Å². The first-order valence-corrected chi connectivity index (χ1v) is 2.70. The van der Waals surface area contributed by atoms with E-state index < -0.39 is 0 Å². The lowest BCUT2D eigenvalue weighted by molar-refractivity contribution is 0.650. The van der Waals surface area contributed by atoms with Crippen molar-refractivity contribution in [2.45, 2.75) is 0 Å². The molecule has 0 saturated carbocycles. The molecule has 1 aliphatic heterocycles. The van der Waals surface area contributed by atoms with Crippen molar-refractivity contribution in [3.8, 4) is 0 Å². The summed E-state index contributed by atoms with van der Waals surface area (Å²) in [6.07, 6.45) is 7.24. The third-order valence-electron chi connectivity index (χ3n) is 1.04. The lowest BCUT2D eigenvalue weighted by Crippen LogP contribution is -2.06. The predicted octanol–water partition coefficient (Wildman–Crippen LogP) is 1.56. The molecule has 4 heteroatoms. The largest absolute Gasteiger partial charge is 0.754 e. The van der Waals surface area contributed by atoms with Gasteiger partial charge in [-0.1, -0.05) is 6.08 Å². The second-order valence-corrected chi connectivity index (χ2v) is 1.70. The van der Waals surface area contributed by atoms with E-state index >= 15 is 0 Å². The van der Waals surface area contributed by atoms with E-state index in [1.54, 1.807) is 18.2 Å². The Balaban J connectivity index is 2.82. The predicted molar refractivity (Wildman–Crippen MR) is 36.7 cm³/mol. The van der Waals surface area contributed by atoms with Gasteiger partial charge in [-0.15, -0.1) is 0 Å². The van der Waals surface area contributed by atoms with Crippen LogP contribution in [0.15, 0.2) is 36.3 Å². The van der Waals surface area contributed by atoms with Crippen molar-refractivity contribution in [1.82, 2.24) is 5.06 Å². The SMILES string of the molecule is N#[N+]C=C1C=CC=CN1[O-]. The molecule has 0 aromatic carbocycles. The first-order valence-electron chi connectivity index (χ1n) is 2.70. The minimum atomic E-state index is 0.310. The molecule has 4 nitrogen and oxygen atoms in total. The van der Waals surface area contributed by atoms with Gasteiger partial charge >= 0.3 is 6.20 Å². The van der Waals surface area contributed by atoms with E-state index in [-0.39, 0.29) is 0 Å². The second kappa shape index (κ2) is 2.80. The molecule has 50 valence electrons. The number of rotatable bonds is 0. The fourth-order valence-corrected chi connectivity index (χ4v) is 0.601. The molecule has 0 amide bonds. The molecule has 0 atom stereocenters. The molecule has 0 saturated heterocycles. The summed E-state index contributed by atoms with van der Waals surface area (Å²) in [7, 11) is 0. The Morgan fingerprint density at radius 3 is 3.00 bits per heavy atom. The summed E-state index contributed by atoms with van der Waals surface area (Å²) >= 11 is 0. The van der Waals surface area contributed by atoms with Crippen LogP contribution in [0.2, 0.25) is 0 Å². The number of hydrogen-bond acceptors (Lipinski definition) is 3. The fourth-order valence-electron chi connectivity index (χ4n) is 0.601. The Labute approximate surface area is 58.0 Å². The van der Waals surface area contributed by atoms with Crippen LogP contribution in [0.5, 0.6) is 0 Å². The van der Waals surface area contributed by atoms with E-state index in [4.69, 9.17) is 5.39 Å². The van der Waals surface area contributed by atoms with Gasteiger partial charge in [0, 0.05) is 0 Å². The summed E-state index contributed by atoms with van der Waals surface area (Å²) in [4.78, 5) is 2.72. The van der Waals surface area contributed by atoms with Crippen molar-refractivity contribution in [2.75, 3.05) is 0 Å². The minimum Gasteiger partial charge on any atom is -0.754 e. The highest BCUT2D eigenvalue weighted by molar-refractivity contribution is 5.29. The third kappa shape index (κ3) is 1.21. The van der Waals surface area contributed by atoms with Gasteiger partial charge in [-0.05, 0) is 18.4 Å². The zero-order valence-corrected chi connectivity index (χ0v) is 5.14. The lowest BCUT2D eigenvalue weighted by atomic mass is 10.3. The smallest absolute Gasteiger partial charge is 0.373 e. The van der Waals surface area contributed by atoms with Crippen LogP contribution in [-0.4, -0.2) is 5.06 Å². The molecular formula is C6H5N3O. The molecule has 1 rings (SSSR count).